The van der Waals surface area contributed by atoms with Crippen LogP contribution in [0.25, 0.3) is 0 Å². The molecular weight excluding hydrogens is 432 g/mol. The Morgan fingerprint density at radius 2 is 1.80 bits per heavy atom. The average molecular weight is 487 g/mol. The Morgan fingerprint density at radius 1 is 1.09 bits per heavy atom. The quantitative estimate of drug-likeness (QED) is 0.263. The molecule has 0 bridgehead atoms. The van der Waals surface area contributed by atoms with Crippen LogP contribution in [0.5, 0.6) is 0 Å². The third kappa shape index (κ3) is 6.90. The minimum Gasteiger partial charge on any atom is -0.393 e. The van der Waals surface area contributed by atoms with Gasteiger partial charge in [0.05, 0.1) is 17.8 Å². The Labute approximate surface area is 215 Å². The minimum absolute atomic E-state index is 0.385. The summed E-state index contributed by atoms with van der Waals surface area (Å²) in [5.74, 6) is 2.17. The van der Waals surface area contributed by atoms with Crippen LogP contribution >= 0.6 is 0 Å². The molecule has 0 spiro atoms. The van der Waals surface area contributed by atoms with Gasteiger partial charge >= 0.3 is 0 Å². The lowest BCUT2D eigenvalue weighted by molar-refractivity contribution is 0.00972. The van der Waals surface area contributed by atoms with Gasteiger partial charge in [-0.2, -0.15) is 0 Å². The first kappa shape index (κ1) is 28.7. The molecule has 3 saturated carbocycles. The monoisotopic (exact) mass is 486 g/mol. The van der Waals surface area contributed by atoms with Gasteiger partial charge in [0.15, 0.2) is 0 Å². The fourth-order valence-electron chi connectivity index (χ4n) is 8.11. The first-order chi connectivity index (χ1) is 16.6. The molecule has 3 N–H and O–H groups in total. The van der Waals surface area contributed by atoms with E-state index in [0.29, 0.717) is 24.2 Å². The highest BCUT2D eigenvalue weighted by Crippen LogP contribution is 2.60. The van der Waals surface area contributed by atoms with Gasteiger partial charge in [-0.05, 0) is 92.1 Å². The first-order valence-electron chi connectivity index (χ1n) is 14.8. The SMILES string of the molecule is C=C1/C(=C\C=C2/CCC[C@]3(C)[C@@H]([C@H](C)CCCCC(O)(CCC)CCC)CC[C@@H]23)C[C@@H](O)C[C@@H]1O. The summed E-state index contributed by atoms with van der Waals surface area (Å²) in [6.45, 7) is 13.5. The van der Waals surface area contributed by atoms with Crippen LogP contribution in [0.1, 0.15) is 124 Å². The van der Waals surface area contributed by atoms with Crippen molar-refractivity contribution in [2.24, 2.45) is 23.2 Å². The number of hydrogen-bond acceptors (Lipinski definition) is 3. The van der Waals surface area contributed by atoms with E-state index in [-0.39, 0.29) is 0 Å². The Hall–Kier alpha value is -0.900. The van der Waals surface area contributed by atoms with Crippen LogP contribution in [0.4, 0.5) is 0 Å². The third-order valence-electron chi connectivity index (χ3n) is 9.97. The molecule has 0 unspecified atom stereocenters. The minimum atomic E-state index is -0.614. The predicted octanol–water partition coefficient (Wildman–Crippen LogP) is 7.66. The Kier molecular flexibility index (Phi) is 10.3. The Balaban J connectivity index is 1.60. The largest absolute Gasteiger partial charge is 0.393 e. The molecule has 0 aromatic heterocycles. The molecule has 0 heterocycles. The van der Waals surface area contributed by atoms with Crippen LogP contribution in [0.2, 0.25) is 0 Å². The summed E-state index contributed by atoms with van der Waals surface area (Å²) in [5, 5.41) is 31.3. The lowest BCUT2D eigenvalue weighted by atomic mass is 9.60. The van der Waals surface area contributed by atoms with E-state index in [0.717, 1.165) is 61.5 Å². The maximum Gasteiger partial charge on any atom is 0.0811 e. The van der Waals surface area contributed by atoms with Crippen molar-refractivity contribution in [3.05, 3.63) is 35.5 Å². The molecule has 0 aromatic carbocycles. The standard InChI is InChI=1S/C32H54O3/c1-6-17-32(35,18-7-2)20-9-8-11-23(3)28-15-16-29-25(12-10-19-31(28,29)5)13-14-26-21-27(33)22-30(34)24(26)4/h13-14,23,27-30,33-35H,4,6-12,15-22H2,1-3,5H3/b25-13+,26-14-/t23-,27-,28-,29+,30+,31-/m1/s1. The van der Waals surface area contributed by atoms with Gasteiger partial charge in [0, 0.05) is 6.42 Å². The molecule has 200 valence electrons. The van der Waals surface area contributed by atoms with Crippen molar-refractivity contribution >= 4 is 0 Å². The average Bonchev–Trinajstić information content (AvgIpc) is 3.16. The van der Waals surface area contributed by atoms with E-state index in [2.05, 4.69) is 46.4 Å². The Morgan fingerprint density at radius 3 is 2.49 bits per heavy atom. The van der Waals surface area contributed by atoms with Gasteiger partial charge in [0.1, 0.15) is 0 Å². The number of hydrogen-bond donors (Lipinski definition) is 3. The van der Waals surface area contributed by atoms with E-state index in [1.165, 1.54) is 44.9 Å². The molecule has 0 aromatic rings. The second kappa shape index (κ2) is 12.6. The van der Waals surface area contributed by atoms with Crippen LogP contribution in [0.15, 0.2) is 35.5 Å². The molecule has 0 radical (unpaired) electrons. The third-order valence-corrected chi connectivity index (χ3v) is 9.97. The molecule has 0 saturated heterocycles. The van der Waals surface area contributed by atoms with Gasteiger partial charge in [-0.15, -0.1) is 0 Å². The van der Waals surface area contributed by atoms with Gasteiger partial charge in [-0.3, -0.25) is 0 Å². The van der Waals surface area contributed by atoms with E-state index < -0.39 is 17.8 Å². The van der Waals surface area contributed by atoms with Crippen LogP contribution in [0.3, 0.4) is 0 Å². The summed E-state index contributed by atoms with van der Waals surface area (Å²) in [5.41, 5.74) is 3.33. The molecule has 3 heteroatoms. The lowest BCUT2D eigenvalue weighted by Gasteiger charge is -2.44. The number of allylic oxidation sites excluding steroid dienone is 3. The molecule has 6 atom stereocenters. The molecule has 3 aliphatic carbocycles. The second-order valence-corrected chi connectivity index (χ2v) is 12.6. The first-order valence-corrected chi connectivity index (χ1v) is 14.8. The van der Waals surface area contributed by atoms with Crippen molar-refractivity contribution in [3.8, 4) is 0 Å². The van der Waals surface area contributed by atoms with Crippen molar-refractivity contribution in [3.63, 3.8) is 0 Å². The maximum absolute atomic E-state index is 11.0. The molecule has 0 aliphatic heterocycles. The second-order valence-electron chi connectivity index (χ2n) is 12.6. The van der Waals surface area contributed by atoms with E-state index >= 15 is 0 Å². The fourth-order valence-corrected chi connectivity index (χ4v) is 8.11. The fraction of sp³-hybridized carbons (Fsp3) is 0.812. The number of fused-ring (bicyclic) bond motifs is 1. The maximum atomic E-state index is 11.0. The van der Waals surface area contributed by atoms with E-state index in [1.54, 1.807) is 5.57 Å². The number of aliphatic hydroxyl groups excluding tert-OH is 2. The van der Waals surface area contributed by atoms with E-state index in [4.69, 9.17) is 0 Å². The summed E-state index contributed by atoms with van der Waals surface area (Å²) in [4.78, 5) is 0. The topological polar surface area (TPSA) is 60.7 Å². The van der Waals surface area contributed by atoms with Crippen molar-refractivity contribution in [2.75, 3.05) is 0 Å². The summed E-state index contributed by atoms with van der Waals surface area (Å²) < 4.78 is 0. The lowest BCUT2D eigenvalue weighted by Crippen LogP contribution is -2.36. The number of rotatable bonds is 11. The highest BCUT2D eigenvalue weighted by Gasteiger charge is 2.50. The summed E-state index contributed by atoms with van der Waals surface area (Å²) in [6, 6.07) is 0. The zero-order chi connectivity index (χ0) is 25.6. The van der Waals surface area contributed by atoms with Gasteiger partial charge < -0.3 is 15.3 Å². The molecule has 0 amide bonds. The summed E-state index contributed by atoms with van der Waals surface area (Å²) >= 11 is 0. The normalized spacial score (nSPS) is 35.0. The van der Waals surface area contributed by atoms with Gasteiger partial charge in [-0.1, -0.05) is 84.1 Å². The Bertz CT molecular complexity index is 759. The van der Waals surface area contributed by atoms with Crippen molar-refractivity contribution in [1.29, 1.82) is 0 Å². The molecule has 35 heavy (non-hydrogen) atoms. The number of unbranched alkanes of at least 4 members (excludes halogenated alkanes) is 1. The molecule has 3 nitrogen and oxygen atoms in total. The van der Waals surface area contributed by atoms with Crippen LogP contribution in [-0.2, 0) is 0 Å². The van der Waals surface area contributed by atoms with Gasteiger partial charge in [-0.25, -0.2) is 0 Å². The van der Waals surface area contributed by atoms with Crippen molar-refractivity contribution in [1.82, 2.24) is 0 Å². The van der Waals surface area contributed by atoms with Gasteiger partial charge in [0.25, 0.3) is 0 Å². The van der Waals surface area contributed by atoms with Crippen LogP contribution in [-0.4, -0.2) is 33.1 Å². The highest BCUT2D eigenvalue weighted by molar-refractivity contribution is 5.38. The summed E-state index contributed by atoms with van der Waals surface area (Å²) in [7, 11) is 0. The van der Waals surface area contributed by atoms with Crippen molar-refractivity contribution < 1.29 is 15.3 Å². The van der Waals surface area contributed by atoms with Gasteiger partial charge in [0.2, 0.25) is 0 Å². The molecule has 3 fully saturated rings. The smallest absolute Gasteiger partial charge is 0.0811 e. The molecule has 3 aliphatic rings. The molecular formula is C32H54O3. The van der Waals surface area contributed by atoms with Crippen molar-refractivity contribution in [2.45, 2.75) is 142 Å². The predicted molar refractivity (Wildman–Crippen MR) is 147 cm³/mol. The molecule has 3 rings (SSSR count). The van der Waals surface area contributed by atoms with Crippen LogP contribution in [0, 0.1) is 23.2 Å². The van der Waals surface area contributed by atoms with E-state index in [1.807, 2.05) is 0 Å². The van der Waals surface area contributed by atoms with E-state index in [9.17, 15) is 15.3 Å². The summed E-state index contributed by atoms with van der Waals surface area (Å²) in [6.07, 6.45) is 19.4. The zero-order valence-corrected chi connectivity index (χ0v) is 23.2. The number of aliphatic hydroxyl groups is 3. The highest BCUT2D eigenvalue weighted by atomic mass is 16.3. The zero-order valence-electron chi connectivity index (χ0n) is 23.2. The van der Waals surface area contributed by atoms with Crippen LogP contribution < -0.4 is 0 Å².